The lowest BCUT2D eigenvalue weighted by Gasteiger charge is -2.34. The molecule has 1 saturated heterocycles. The molecular weight excluding hydrogens is 392 g/mol. The molecule has 1 aliphatic rings. The van der Waals surface area contributed by atoms with E-state index in [1.54, 1.807) is 0 Å². The van der Waals surface area contributed by atoms with E-state index in [1.807, 2.05) is 29.2 Å². The number of hydrogen-bond donors (Lipinski definition) is 0. The molecule has 0 radical (unpaired) electrons. The van der Waals surface area contributed by atoms with Crippen molar-refractivity contribution in [2.45, 2.75) is 26.3 Å². The molecule has 0 atom stereocenters. The van der Waals surface area contributed by atoms with E-state index in [9.17, 15) is 4.79 Å². The molecule has 1 fully saturated rings. The van der Waals surface area contributed by atoms with Crippen LogP contribution in [-0.2, 0) is 6.54 Å². The smallest absolute Gasteiger partial charge is 0.254 e. The number of hydrogen-bond acceptors (Lipinski definition) is 2. The summed E-state index contributed by atoms with van der Waals surface area (Å²) >= 11 is 0. The number of rotatable bonds is 6. The first kappa shape index (κ1) is 22.3. The van der Waals surface area contributed by atoms with Crippen LogP contribution in [0.15, 0.2) is 72.8 Å². The van der Waals surface area contributed by atoms with Crippen molar-refractivity contribution in [3.63, 3.8) is 0 Å². The molecule has 3 aromatic carbocycles. The minimum absolute atomic E-state index is 0. The highest BCUT2D eigenvalue weighted by molar-refractivity contribution is 6.07. The summed E-state index contributed by atoms with van der Waals surface area (Å²) in [4.78, 5) is 17.9. The first-order chi connectivity index (χ1) is 14.2. The fourth-order valence-electron chi connectivity index (χ4n) is 4.42. The highest BCUT2D eigenvalue weighted by Gasteiger charge is 2.24. The number of amides is 1. The van der Waals surface area contributed by atoms with Gasteiger partial charge in [0.25, 0.3) is 5.91 Å². The number of piperidine rings is 1. The number of benzene rings is 3. The fourth-order valence-corrected chi connectivity index (χ4v) is 4.42. The van der Waals surface area contributed by atoms with E-state index in [0.29, 0.717) is 5.92 Å². The Morgan fingerprint density at radius 1 is 0.933 bits per heavy atom. The molecule has 4 heteroatoms. The molecule has 0 N–H and O–H groups in total. The van der Waals surface area contributed by atoms with Crippen molar-refractivity contribution in [1.29, 1.82) is 0 Å². The molecule has 0 aliphatic carbocycles. The Bertz CT molecular complexity index is 946. The van der Waals surface area contributed by atoms with Crippen LogP contribution in [0.5, 0.6) is 0 Å². The van der Waals surface area contributed by atoms with Crippen LogP contribution < -0.4 is 0 Å². The maximum absolute atomic E-state index is 13.3. The number of nitrogens with zero attached hydrogens (tertiary/aromatic N) is 2. The van der Waals surface area contributed by atoms with Crippen molar-refractivity contribution >= 4 is 29.1 Å². The molecule has 0 saturated carbocycles. The SMILES string of the molecule is CCN(CC1CCN(Cc2ccccc2)CC1)C(=O)c1cccc2ccccc12.Cl. The van der Waals surface area contributed by atoms with Crippen LogP contribution >= 0.6 is 12.4 Å². The van der Waals surface area contributed by atoms with Gasteiger partial charge < -0.3 is 4.90 Å². The predicted octanol–water partition coefficient (Wildman–Crippen LogP) is 5.64. The summed E-state index contributed by atoms with van der Waals surface area (Å²) in [6.07, 6.45) is 2.32. The molecule has 0 unspecified atom stereocenters. The zero-order valence-corrected chi connectivity index (χ0v) is 18.5. The van der Waals surface area contributed by atoms with Crippen molar-refractivity contribution in [2.75, 3.05) is 26.2 Å². The topological polar surface area (TPSA) is 23.6 Å². The van der Waals surface area contributed by atoms with Gasteiger partial charge in [-0.3, -0.25) is 9.69 Å². The summed E-state index contributed by atoms with van der Waals surface area (Å²) in [5.41, 5.74) is 2.21. The quantitative estimate of drug-likeness (QED) is 0.513. The van der Waals surface area contributed by atoms with E-state index in [0.717, 1.165) is 61.9 Å². The van der Waals surface area contributed by atoms with Crippen LogP contribution in [0.2, 0.25) is 0 Å². The Hall–Kier alpha value is -2.36. The third-order valence-corrected chi connectivity index (χ3v) is 6.12. The van der Waals surface area contributed by atoms with E-state index >= 15 is 0 Å². The number of carbonyl (C=O) groups is 1. The van der Waals surface area contributed by atoms with Crippen LogP contribution in [0.25, 0.3) is 10.8 Å². The van der Waals surface area contributed by atoms with Crippen LogP contribution in [0.4, 0.5) is 0 Å². The Labute approximate surface area is 186 Å². The molecule has 4 rings (SSSR count). The second-order valence-corrected chi connectivity index (χ2v) is 8.08. The zero-order valence-electron chi connectivity index (χ0n) is 17.7. The van der Waals surface area contributed by atoms with Gasteiger partial charge in [-0.05, 0) is 61.2 Å². The molecule has 1 heterocycles. The van der Waals surface area contributed by atoms with Crippen LogP contribution in [0.1, 0.15) is 35.7 Å². The zero-order chi connectivity index (χ0) is 20.1. The lowest BCUT2D eigenvalue weighted by Crippen LogP contribution is -2.40. The second kappa shape index (κ2) is 10.6. The molecule has 0 spiro atoms. The molecule has 30 heavy (non-hydrogen) atoms. The van der Waals surface area contributed by atoms with E-state index in [-0.39, 0.29) is 18.3 Å². The van der Waals surface area contributed by atoms with Gasteiger partial charge in [0.2, 0.25) is 0 Å². The Kier molecular flexibility index (Phi) is 7.89. The van der Waals surface area contributed by atoms with Gasteiger partial charge in [-0.2, -0.15) is 0 Å². The predicted molar refractivity (Wildman–Crippen MR) is 127 cm³/mol. The largest absolute Gasteiger partial charge is 0.339 e. The lowest BCUT2D eigenvalue weighted by atomic mass is 9.95. The highest BCUT2D eigenvalue weighted by atomic mass is 35.5. The maximum Gasteiger partial charge on any atom is 0.254 e. The molecular formula is C26H31ClN2O. The summed E-state index contributed by atoms with van der Waals surface area (Å²) in [6, 6.07) is 24.9. The average Bonchev–Trinajstić information content (AvgIpc) is 2.78. The number of fused-ring (bicyclic) bond motifs is 1. The highest BCUT2D eigenvalue weighted by Crippen LogP contribution is 2.23. The van der Waals surface area contributed by atoms with Gasteiger partial charge in [0.15, 0.2) is 0 Å². The first-order valence-electron chi connectivity index (χ1n) is 10.8. The summed E-state index contributed by atoms with van der Waals surface area (Å²) in [5, 5.41) is 2.18. The van der Waals surface area contributed by atoms with Crippen LogP contribution in [0.3, 0.4) is 0 Å². The Morgan fingerprint density at radius 2 is 1.60 bits per heavy atom. The molecule has 3 aromatic rings. The minimum atomic E-state index is 0. The normalized spacial score (nSPS) is 15.0. The van der Waals surface area contributed by atoms with Crippen molar-refractivity contribution < 1.29 is 4.79 Å². The summed E-state index contributed by atoms with van der Waals surface area (Å²) in [6.45, 7) is 6.96. The second-order valence-electron chi connectivity index (χ2n) is 8.08. The van der Waals surface area contributed by atoms with Crippen molar-refractivity contribution in [3.05, 3.63) is 83.9 Å². The van der Waals surface area contributed by atoms with Crippen molar-refractivity contribution in [2.24, 2.45) is 5.92 Å². The number of carbonyl (C=O) groups excluding carboxylic acids is 1. The fraction of sp³-hybridized carbons (Fsp3) is 0.346. The van der Waals surface area contributed by atoms with E-state index in [2.05, 4.69) is 60.4 Å². The van der Waals surface area contributed by atoms with Gasteiger partial charge in [-0.1, -0.05) is 66.7 Å². The maximum atomic E-state index is 13.3. The van der Waals surface area contributed by atoms with E-state index < -0.39 is 0 Å². The third-order valence-electron chi connectivity index (χ3n) is 6.12. The molecule has 0 bridgehead atoms. The third kappa shape index (κ3) is 5.21. The summed E-state index contributed by atoms with van der Waals surface area (Å²) in [7, 11) is 0. The van der Waals surface area contributed by atoms with E-state index in [1.165, 1.54) is 5.56 Å². The Balaban J connectivity index is 0.00000256. The van der Waals surface area contributed by atoms with Crippen molar-refractivity contribution in [3.8, 4) is 0 Å². The van der Waals surface area contributed by atoms with Gasteiger partial charge in [0, 0.05) is 25.2 Å². The molecule has 0 aromatic heterocycles. The van der Waals surface area contributed by atoms with Crippen LogP contribution in [-0.4, -0.2) is 41.9 Å². The van der Waals surface area contributed by atoms with Gasteiger partial charge in [0.05, 0.1) is 0 Å². The molecule has 3 nitrogen and oxygen atoms in total. The van der Waals surface area contributed by atoms with Crippen molar-refractivity contribution in [1.82, 2.24) is 9.80 Å². The molecule has 1 aliphatic heterocycles. The van der Waals surface area contributed by atoms with E-state index in [4.69, 9.17) is 0 Å². The lowest BCUT2D eigenvalue weighted by molar-refractivity contribution is 0.0700. The minimum Gasteiger partial charge on any atom is -0.339 e. The standard InChI is InChI=1S/C26H30N2O.ClH/c1-2-28(26(29)25-14-8-12-23-11-6-7-13-24(23)25)20-22-15-17-27(18-16-22)19-21-9-4-3-5-10-21;/h3-14,22H,2,15-20H2,1H3;1H. The van der Waals surface area contributed by atoms with Crippen LogP contribution in [0, 0.1) is 5.92 Å². The average molecular weight is 423 g/mol. The Morgan fingerprint density at radius 3 is 2.33 bits per heavy atom. The first-order valence-corrected chi connectivity index (χ1v) is 10.8. The molecule has 1 amide bonds. The van der Waals surface area contributed by atoms with Gasteiger partial charge in [0.1, 0.15) is 0 Å². The van der Waals surface area contributed by atoms with Gasteiger partial charge in [-0.25, -0.2) is 0 Å². The number of likely N-dealkylation sites (tertiary alicyclic amines) is 1. The number of halogens is 1. The summed E-state index contributed by atoms with van der Waals surface area (Å²) < 4.78 is 0. The molecule has 158 valence electrons. The monoisotopic (exact) mass is 422 g/mol. The summed E-state index contributed by atoms with van der Waals surface area (Å²) in [5.74, 6) is 0.747. The van der Waals surface area contributed by atoms with Gasteiger partial charge >= 0.3 is 0 Å². The van der Waals surface area contributed by atoms with Gasteiger partial charge in [-0.15, -0.1) is 12.4 Å².